The van der Waals surface area contributed by atoms with Gasteiger partial charge in [-0.3, -0.25) is 4.79 Å². The maximum Gasteiger partial charge on any atom is 0.166 e. The molecule has 0 aliphatic heterocycles. The van der Waals surface area contributed by atoms with Gasteiger partial charge >= 0.3 is 0 Å². The quantitative estimate of drug-likeness (QED) is 0.614. The summed E-state index contributed by atoms with van der Waals surface area (Å²) in [5, 5.41) is 13.2. The topological polar surface area (TPSA) is 71.6 Å². The van der Waals surface area contributed by atoms with Crippen LogP contribution in [0.1, 0.15) is 28.5 Å². The first-order valence-electron chi connectivity index (χ1n) is 5.17. The molecule has 0 N–H and O–H groups in total. The molecular formula is C12H9ClN4O. The number of hydrogen-bond acceptors (Lipinski definition) is 4. The first-order valence-corrected chi connectivity index (χ1v) is 5.55. The summed E-state index contributed by atoms with van der Waals surface area (Å²) in [7, 11) is 0. The second kappa shape index (κ2) is 4.59. The third kappa shape index (κ3) is 1.98. The standard InChI is InChI=1S/C12H9ClN4O/c1-7-9(5-14)6-15-17(7)12-10(8(2)18)3-4-11(13)16-12/h3-4,6H,1-2H3. The molecular weight excluding hydrogens is 252 g/mol. The van der Waals surface area contributed by atoms with Gasteiger partial charge in [0.1, 0.15) is 11.2 Å². The predicted octanol–water partition coefficient (Wildman–Crippen LogP) is 2.30. The molecule has 0 saturated heterocycles. The van der Waals surface area contributed by atoms with E-state index in [1.165, 1.54) is 17.8 Å². The Bertz CT molecular complexity index is 669. The number of ketones is 1. The Morgan fingerprint density at radius 3 is 2.78 bits per heavy atom. The molecule has 0 aliphatic carbocycles. The molecule has 0 radical (unpaired) electrons. The Balaban J connectivity index is 2.70. The number of rotatable bonds is 2. The highest BCUT2D eigenvalue weighted by molar-refractivity contribution is 6.29. The summed E-state index contributed by atoms with van der Waals surface area (Å²) in [5.74, 6) is 0.205. The van der Waals surface area contributed by atoms with Gasteiger partial charge in [-0.05, 0) is 26.0 Å². The Kier molecular flexibility index (Phi) is 3.13. The molecule has 0 unspecified atom stereocenters. The molecule has 18 heavy (non-hydrogen) atoms. The predicted molar refractivity (Wildman–Crippen MR) is 65.8 cm³/mol. The van der Waals surface area contributed by atoms with Gasteiger partial charge in [0.2, 0.25) is 0 Å². The molecule has 0 fully saturated rings. The van der Waals surface area contributed by atoms with Crippen LogP contribution >= 0.6 is 11.6 Å². The summed E-state index contributed by atoms with van der Waals surface area (Å²) in [5.41, 5.74) is 1.47. The van der Waals surface area contributed by atoms with Crippen LogP contribution in [0.4, 0.5) is 0 Å². The van der Waals surface area contributed by atoms with E-state index in [1.54, 1.807) is 19.1 Å². The van der Waals surface area contributed by atoms with Crippen LogP contribution in [0.5, 0.6) is 0 Å². The van der Waals surface area contributed by atoms with Crippen molar-refractivity contribution >= 4 is 17.4 Å². The SMILES string of the molecule is CC(=O)c1ccc(Cl)nc1-n1ncc(C#N)c1C. The highest BCUT2D eigenvalue weighted by atomic mass is 35.5. The highest BCUT2D eigenvalue weighted by Gasteiger charge is 2.15. The van der Waals surface area contributed by atoms with E-state index in [0.29, 0.717) is 22.6 Å². The lowest BCUT2D eigenvalue weighted by molar-refractivity contribution is 0.101. The van der Waals surface area contributed by atoms with Gasteiger partial charge in [-0.1, -0.05) is 11.6 Å². The van der Waals surface area contributed by atoms with E-state index < -0.39 is 0 Å². The van der Waals surface area contributed by atoms with Gasteiger partial charge in [-0.25, -0.2) is 9.67 Å². The molecule has 0 saturated carbocycles. The Hall–Kier alpha value is -2.19. The summed E-state index contributed by atoms with van der Waals surface area (Å²) >= 11 is 5.84. The zero-order chi connectivity index (χ0) is 13.3. The van der Waals surface area contributed by atoms with E-state index >= 15 is 0 Å². The molecule has 0 spiro atoms. The summed E-state index contributed by atoms with van der Waals surface area (Å²) in [6.07, 6.45) is 1.43. The van der Waals surface area contributed by atoms with E-state index in [0.717, 1.165) is 0 Å². The summed E-state index contributed by atoms with van der Waals surface area (Å²) in [4.78, 5) is 15.7. The van der Waals surface area contributed by atoms with Crippen LogP contribution in [0.2, 0.25) is 5.15 Å². The minimum Gasteiger partial charge on any atom is -0.294 e. The number of carbonyl (C=O) groups is 1. The third-order valence-electron chi connectivity index (χ3n) is 2.55. The molecule has 2 rings (SSSR count). The largest absolute Gasteiger partial charge is 0.294 e. The third-order valence-corrected chi connectivity index (χ3v) is 2.76. The first-order chi connectivity index (χ1) is 8.54. The number of hydrogen-bond donors (Lipinski definition) is 0. The highest BCUT2D eigenvalue weighted by Crippen LogP contribution is 2.19. The van der Waals surface area contributed by atoms with Gasteiger partial charge in [-0.15, -0.1) is 0 Å². The van der Waals surface area contributed by atoms with E-state index in [1.807, 2.05) is 6.07 Å². The van der Waals surface area contributed by atoms with Crippen molar-refractivity contribution in [3.63, 3.8) is 0 Å². The summed E-state index contributed by atoms with van der Waals surface area (Å²) in [6.45, 7) is 3.18. The second-order valence-corrected chi connectivity index (χ2v) is 4.12. The number of halogens is 1. The van der Waals surface area contributed by atoms with E-state index in [-0.39, 0.29) is 10.9 Å². The van der Waals surface area contributed by atoms with Crippen LogP contribution in [0.15, 0.2) is 18.3 Å². The molecule has 2 aromatic rings. The number of nitriles is 1. The molecule has 0 aromatic carbocycles. The monoisotopic (exact) mass is 260 g/mol. The van der Waals surface area contributed by atoms with Crippen LogP contribution in [0.25, 0.3) is 5.82 Å². The first kappa shape index (κ1) is 12.3. The molecule has 2 heterocycles. The zero-order valence-corrected chi connectivity index (χ0v) is 10.6. The number of nitrogens with zero attached hydrogens (tertiary/aromatic N) is 4. The number of aromatic nitrogens is 3. The Labute approximate surface area is 109 Å². The molecule has 0 amide bonds. The Morgan fingerprint density at radius 2 is 2.22 bits per heavy atom. The van der Waals surface area contributed by atoms with Crippen molar-refractivity contribution in [3.8, 4) is 11.9 Å². The molecule has 6 heteroatoms. The molecule has 90 valence electrons. The molecule has 0 aliphatic rings. The van der Waals surface area contributed by atoms with Crippen molar-refractivity contribution in [1.82, 2.24) is 14.8 Å². The summed E-state index contributed by atoms with van der Waals surface area (Å²) in [6, 6.07) is 5.16. The molecule has 5 nitrogen and oxygen atoms in total. The van der Waals surface area contributed by atoms with Crippen LogP contribution in [-0.4, -0.2) is 20.5 Å². The van der Waals surface area contributed by atoms with E-state index in [9.17, 15) is 4.79 Å². The van der Waals surface area contributed by atoms with Gasteiger partial charge in [-0.2, -0.15) is 10.4 Å². The van der Waals surface area contributed by atoms with Gasteiger partial charge < -0.3 is 0 Å². The molecule has 0 bridgehead atoms. The zero-order valence-electron chi connectivity index (χ0n) is 9.81. The lowest BCUT2D eigenvalue weighted by Gasteiger charge is -2.08. The number of Topliss-reactive ketones (excluding diaryl/α,β-unsaturated/α-hetero) is 1. The van der Waals surface area contributed by atoms with Gasteiger partial charge in [0.25, 0.3) is 0 Å². The average molecular weight is 261 g/mol. The normalized spacial score (nSPS) is 10.1. The lowest BCUT2D eigenvalue weighted by atomic mass is 10.2. The fourth-order valence-electron chi connectivity index (χ4n) is 1.59. The summed E-state index contributed by atoms with van der Waals surface area (Å²) < 4.78 is 1.45. The minimum atomic E-state index is -0.137. The van der Waals surface area contributed by atoms with Crippen LogP contribution < -0.4 is 0 Å². The fourth-order valence-corrected chi connectivity index (χ4v) is 1.74. The fraction of sp³-hybridized carbons (Fsp3) is 0.167. The van der Waals surface area contributed by atoms with Gasteiger partial charge in [0.15, 0.2) is 11.6 Å². The van der Waals surface area contributed by atoms with Crippen molar-refractivity contribution in [3.05, 3.63) is 40.3 Å². The van der Waals surface area contributed by atoms with Crippen LogP contribution in [0.3, 0.4) is 0 Å². The van der Waals surface area contributed by atoms with Gasteiger partial charge in [0.05, 0.1) is 23.0 Å². The lowest BCUT2D eigenvalue weighted by Crippen LogP contribution is -2.09. The van der Waals surface area contributed by atoms with Crippen molar-refractivity contribution < 1.29 is 4.79 Å². The Morgan fingerprint density at radius 1 is 1.50 bits per heavy atom. The second-order valence-electron chi connectivity index (χ2n) is 3.73. The van der Waals surface area contributed by atoms with Gasteiger partial charge in [0, 0.05) is 0 Å². The van der Waals surface area contributed by atoms with Crippen molar-refractivity contribution in [2.75, 3.05) is 0 Å². The maximum atomic E-state index is 11.5. The maximum absolute atomic E-state index is 11.5. The van der Waals surface area contributed by atoms with E-state index in [2.05, 4.69) is 10.1 Å². The number of pyridine rings is 1. The minimum absolute atomic E-state index is 0.137. The van der Waals surface area contributed by atoms with Crippen molar-refractivity contribution in [2.24, 2.45) is 0 Å². The smallest absolute Gasteiger partial charge is 0.166 e. The van der Waals surface area contributed by atoms with Crippen molar-refractivity contribution in [1.29, 1.82) is 5.26 Å². The average Bonchev–Trinajstić information content (AvgIpc) is 2.69. The number of carbonyl (C=O) groups excluding carboxylic acids is 1. The van der Waals surface area contributed by atoms with E-state index in [4.69, 9.17) is 16.9 Å². The van der Waals surface area contributed by atoms with Crippen molar-refractivity contribution in [2.45, 2.75) is 13.8 Å². The molecule has 0 atom stereocenters. The van der Waals surface area contributed by atoms with Crippen LogP contribution in [0, 0.1) is 18.3 Å². The van der Waals surface area contributed by atoms with Crippen LogP contribution in [-0.2, 0) is 0 Å². The molecule has 2 aromatic heterocycles.